The maximum atomic E-state index is 11.9. The molecule has 1 heterocycles. The lowest BCUT2D eigenvalue weighted by Crippen LogP contribution is -2.45. The van der Waals surface area contributed by atoms with Crippen molar-refractivity contribution in [3.63, 3.8) is 0 Å². The number of amides is 1. The summed E-state index contributed by atoms with van der Waals surface area (Å²) >= 11 is 0. The largest absolute Gasteiger partial charge is 0.318 e. The first kappa shape index (κ1) is 17.0. The highest BCUT2D eigenvalue weighted by Crippen LogP contribution is 2.32. The van der Waals surface area contributed by atoms with Crippen molar-refractivity contribution in [2.24, 2.45) is 12.8 Å². The third-order valence-corrected chi connectivity index (χ3v) is 3.75. The predicted octanol–water partition coefficient (Wildman–Crippen LogP) is 2.57. The van der Waals surface area contributed by atoms with Crippen LogP contribution in [0.2, 0.25) is 0 Å². The highest BCUT2D eigenvalue weighted by atomic mass is 35.5. The summed E-state index contributed by atoms with van der Waals surface area (Å²) in [5.74, 6) is 1.08. The number of rotatable bonds is 3. The minimum atomic E-state index is -0.880. The number of carbonyl (C=O) groups is 1. The molecule has 0 unspecified atom stereocenters. The molecule has 114 valence electrons. The zero-order valence-electron chi connectivity index (χ0n) is 12.5. The Balaban J connectivity index is 0.00000200. The molecule has 0 aliphatic heterocycles. The van der Waals surface area contributed by atoms with Gasteiger partial charge in [0.2, 0.25) is 5.91 Å². The minimum absolute atomic E-state index is 0. The fourth-order valence-electron chi connectivity index (χ4n) is 2.48. The van der Waals surface area contributed by atoms with Gasteiger partial charge in [0.05, 0.1) is 11.2 Å². The van der Waals surface area contributed by atoms with Crippen molar-refractivity contribution in [1.29, 1.82) is 0 Å². The van der Waals surface area contributed by atoms with Crippen LogP contribution in [0.1, 0.15) is 57.6 Å². The molecule has 1 fully saturated rings. The maximum Gasteiger partial charge on any atom is 0.245 e. The third kappa shape index (κ3) is 3.96. The molecule has 20 heavy (non-hydrogen) atoms. The Bertz CT molecular complexity index is 458. The molecule has 0 saturated heterocycles. The number of nitrogens with zero attached hydrogens (tertiary/aromatic N) is 2. The van der Waals surface area contributed by atoms with E-state index >= 15 is 0 Å². The van der Waals surface area contributed by atoms with Gasteiger partial charge in [0.15, 0.2) is 0 Å². The van der Waals surface area contributed by atoms with Gasteiger partial charge in [-0.15, -0.1) is 12.4 Å². The quantitative estimate of drug-likeness (QED) is 0.901. The van der Waals surface area contributed by atoms with Crippen LogP contribution in [0.15, 0.2) is 6.07 Å². The van der Waals surface area contributed by atoms with E-state index in [4.69, 9.17) is 5.73 Å². The van der Waals surface area contributed by atoms with Gasteiger partial charge >= 0.3 is 0 Å². The number of anilines is 1. The van der Waals surface area contributed by atoms with Crippen LogP contribution in [-0.2, 0) is 11.8 Å². The molecule has 6 heteroatoms. The Morgan fingerprint density at radius 3 is 2.55 bits per heavy atom. The molecule has 1 aromatic heterocycles. The summed E-state index contributed by atoms with van der Waals surface area (Å²) in [6.45, 7) is 3.39. The van der Waals surface area contributed by atoms with Gasteiger partial charge in [0.1, 0.15) is 5.82 Å². The third-order valence-electron chi connectivity index (χ3n) is 3.75. The Morgan fingerprint density at radius 1 is 1.40 bits per heavy atom. The van der Waals surface area contributed by atoms with Crippen molar-refractivity contribution in [2.75, 3.05) is 5.32 Å². The number of hydrogen-bond donors (Lipinski definition) is 2. The second kappa shape index (κ2) is 6.59. The number of carbonyl (C=O) groups excluding carboxylic acids is 1. The molecule has 1 aliphatic rings. The Labute approximate surface area is 126 Å². The van der Waals surface area contributed by atoms with E-state index in [1.165, 1.54) is 32.1 Å². The van der Waals surface area contributed by atoms with E-state index in [-0.39, 0.29) is 18.3 Å². The maximum absolute atomic E-state index is 11.9. The van der Waals surface area contributed by atoms with Crippen LogP contribution in [0, 0.1) is 0 Å². The lowest BCUT2D eigenvalue weighted by molar-refractivity contribution is -0.120. The standard InChI is InChI=1S/C14H24N4O.ClH/c1-14(2,15)13(19)16-12-9-11(17-18(12)3)10-7-5-4-6-8-10;/h9-10H,4-8,15H2,1-3H3,(H,16,19);1H. The molecular formula is C14H25ClN4O. The fraction of sp³-hybridized carbons (Fsp3) is 0.714. The summed E-state index contributed by atoms with van der Waals surface area (Å²) in [5, 5.41) is 7.38. The molecule has 5 nitrogen and oxygen atoms in total. The van der Waals surface area contributed by atoms with E-state index in [0.29, 0.717) is 5.92 Å². The van der Waals surface area contributed by atoms with E-state index in [1.54, 1.807) is 18.5 Å². The van der Waals surface area contributed by atoms with Crippen molar-refractivity contribution in [3.8, 4) is 0 Å². The summed E-state index contributed by atoms with van der Waals surface area (Å²) in [6.07, 6.45) is 6.28. The van der Waals surface area contributed by atoms with Crippen LogP contribution in [0.5, 0.6) is 0 Å². The van der Waals surface area contributed by atoms with Gasteiger partial charge in [-0.25, -0.2) is 0 Å². The van der Waals surface area contributed by atoms with Crippen LogP contribution < -0.4 is 11.1 Å². The summed E-state index contributed by atoms with van der Waals surface area (Å²) in [5.41, 5.74) is 6.00. The van der Waals surface area contributed by atoms with Crippen molar-refractivity contribution < 1.29 is 4.79 Å². The summed E-state index contributed by atoms with van der Waals surface area (Å²) in [4.78, 5) is 11.9. The highest BCUT2D eigenvalue weighted by molar-refractivity contribution is 5.96. The van der Waals surface area contributed by atoms with Crippen LogP contribution >= 0.6 is 12.4 Å². The van der Waals surface area contributed by atoms with Gasteiger partial charge in [-0.2, -0.15) is 5.10 Å². The van der Waals surface area contributed by atoms with Crippen LogP contribution in [-0.4, -0.2) is 21.2 Å². The minimum Gasteiger partial charge on any atom is -0.318 e. The van der Waals surface area contributed by atoms with Gasteiger partial charge in [-0.05, 0) is 26.7 Å². The first-order valence-corrected chi connectivity index (χ1v) is 7.02. The van der Waals surface area contributed by atoms with Gasteiger partial charge < -0.3 is 11.1 Å². The molecule has 0 bridgehead atoms. The number of hydrogen-bond acceptors (Lipinski definition) is 3. The first-order valence-electron chi connectivity index (χ1n) is 7.02. The van der Waals surface area contributed by atoms with E-state index in [9.17, 15) is 4.79 Å². The van der Waals surface area contributed by atoms with Gasteiger partial charge in [0.25, 0.3) is 0 Å². The monoisotopic (exact) mass is 300 g/mol. The topological polar surface area (TPSA) is 72.9 Å². The molecule has 3 N–H and O–H groups in total. The van der Waals surface area contributed by atoms with Crippen LogP contribution in [0.3, 0.4) is 0 Å². The fourth-order valence-corrected chi connectivity index (χ4v) is 2.48. The predicted molar refractivity (Wildman–Crippen MR) is 83.2 cm³/mol. The van der Waals surface area contributed by atoms with Crippen LogP contribution in [0.4, 0.5) is 5.82 Å². The highest BCUT2D eigenvalue weighted by Gasteiger charge is 2.24. The summed E-state index contributed by atoms with van der Waals surface area (Å²) < 4.78 is 1.73. The average molecular weight is 301 g/mol. The SMILES string of the molecule is Cl.Cn1nc(C2CCCCC2)cc1NC(=O)C(C)(C)N. The smallest absolute Gasteiger partial charge is 0.245 e. The number of nitrogens with two attached hydrogens (primary N) is 1. The normalized spacial score (nSPS) is 16.6. The van der Waals surface area contributed by atoms with Crippen molar-refractivity contribution >= 4 is 24.1 Å². The molecule has 0 spiro atoms. The molecule has 1 aliphatic carbocycles. The Hall–Kier alpha value is -1.07. The second-order valence-electron chi connectivity index (χ2n) is 6.09. The molecular weight excluding hydrogens is 276 g/mol. The average Bonchev–Trinajstić information content (AvgIpc) is 2.71. The number of halogens is 1. The van der Waals surface area contributed by atoms with Crippen molar-refractivity contribution in [1.82, 2.24) is 9.78 Å². The van der Waals surface area contributed by atoms with E-state index in [2.05, 4.69) is 10.4 Å². The molecule has 1 aromatic rings. The van der Waals surface area contributed by atoms with Crippen LogP contribution in [0.25, 0.3) is 0 Å². The molecule has 1 amide bonds. The van der Waals surface area contributed by atoms with E-state index in [1.807, 2.05) is 13.1 Å². The van der Waals surface area contributed by atoms with E-state index < -0.39 is 5.54 Å². The zero-order valence-corrected chi connectivity index (χ0v) is 13.3. The van der Waals surface area contributed by atoms with Gasteiger partial charge in [-0.3, -0.25) is 9.48 Å². The van der Waals surface area contributed by atoms with E-state index in [0.717, 1.165) is 11.5 Å². The number of aryl methyl sites for hydroxylation is 1. The summed E-state index contributed by atoms with van der Waals surface area (Å²) in [7, 11) is 1.85. The molecule has 0 atom stereocenters. The zero-order chi connectivity index (χ0) is 14.0. The summed E-state index contributed by atoms with van der Waals surface area (Å²) in [6, 6.07) is 1.99. The second-order valence-corrected chi connectivity index (χ2v) is 6.09. The molecule has 1 saturated carbocycles. The van der Waals surface area contributed by atoms with Crippen molar-refractivity contribution in [3.05, 3.63) is 11.8 Å². The van der Waals surface area contributed by atoms with Gasteiger partial charge in [0, 0.05) is 19.0 Å². The Morgan fingerprint density at radius 2 is 2.00 bits per heavy atom. The number of aromatic nitrogens is 2. The molecule has 0 radical (unpaired) electrons. The molecule has 2 rings (SSSR count). The molecule has 0 aromatic carbocycles. The van der Waals surface area contributed by atoms with Crippen molar-refractivity contribution in [2.45, 2.75) is 57.4 Å². The number of nitrogens with one attached hydrogen (secondary N) is 1. The van der Waals surface area contributed by atoms with Gasteiger partial charge in [-0.1, -0.05) is 19.3 Å². The Kier molecular flexibility index (Phi) is 5.59. The lowest BCUT2D eigenvalue weighted by Gasteiger charge is -2.19. The first-order chi connectivity index (χ1) is 8.88. The lowest BCUT2D eigenvalue weighted by atomic mass is 9.87.